The molecule has 148 valence electrons. The molecule has 1 saturated heterocycles. The number of aromatic carboxylic acids is 1. The Hall–Kier alpha value is -3.30. The number of carboxylic acids is 1. The summed E-state index contributed by atoms with van der Waals surface area (Å²) in [5.41, 5.74) is -1.30. The molecule has 2 N–H and O–H groups in total. The molecule has 10 heteroatoms. The van der Waals surface area contributed by atoms with Gasteiger partial charge in [0.15, 0.2) is 0 Å². The summed E-state index contributed by atoms with van der Waals surface area (Å²) < 4.78 is 44.6. The first-order chi connectivity index (χ1) is 13.1. The van der Waals surface area contributed by atoms with Gasteiger partial charge < -0.3 is 19.7 Å². The Balaban J connectivity index is 1.83. The number of carboxylic acid groups (broad SMARTS) is 1. The van der Waals surface area contributed by atoms with Crippen LogP contribution in [0.4, 0.5) is 18.9 Å². The fourth-order valence-corrected chi connectivity index (χ4v) is 2.84. The van der Waals surface area contributed by atoms with Gasteiger partial charge in [0.2, 0.25) is 11.7 Å². The van der Waals surface area contributed by atoms with Gasteiger partial charge >= 0.3 is 12.1 Å². The lowest BCUT2D eigenvalue weighted by Crippen LogP contribution is -2.27. The number of carbonyl (C=O) groups excluding carboxylic acids is 2. The van der Waals surface area contributed by atoms with E-state index >= 15 is 0 Å². The van der Waals surface area contributed by atoms with Crippen molar-refractivity contribution in [2.75, 3.05) is 11.4 Å². The van der Waals surface area contributed by atoms with Gasteiger partial charge in [-0.05, 0) is 36.8 Å². The lowest BCUT2D eigenvalue weighted by atomic mass is 10.1. The molecule has 1 fully saturated rings. The topological polar surface area (TPSA) is 99.8 Å². The summed E-state index contributed by atoms with van der Waals surface area (Å²) in [6.45, 7) is 0.0753. The molecule has 0 radical (unpaired) electrons. The van der Waals surface area contributed by atoms with E-state index in [2.05, 4.69) is 5.32 Å². The number of hydrogen-bond acceptors (Lipinski definition) is 4. The SMILES string of the molecule is O=C(NCc1ccc(C(=O)O)o1)c1cc(N2CCCC2=O)cc(C(F)(F)F)c1. The summed E-state index contributed by atoms with van der Waals surface area (Å²) >= 11 is 0. The van der Waals surface area contributed by atoms with Crippen LogP contribution in [0.2, 0.25) is 0 Å². The Morgan fingerprint density at radius 1 is 1.21 bits per heavy atom. The van der Waals surface area contributed by atoms with Crippen LogP contribution in [0.1, 0.15) is 45.1 Å². The third-order valence-corrected chi connectivity index (χ3v) is 4.19. The van der Waals surface area contributed by atoms with Crippen LogP contribution >= 0.6 is 0 Å². The van der Waals surface area contributed by atoms with Gasteiger partial charge in [0.25, 0.3) is 5.91 Å². The van der Waals surface area contributed by atoms with Gasteiger partial charge in [-0.2, -0.15) is 13.2 Å². The van der Waals surface area contributed by atoms with Crippen molar-refractivity contribution in [1.82, 2.24) is 5.32 Å². The quantitative estimate of drug-likeness (QED) is 0.809. The monoisotopic (exact) mass is 396 g/mol. The second kappa shape index (κ2) is 7.37. The second-order valence-electron chi connectivity index (χ2n) is 6.17. The zero-order chi connectivity index (χ0) is 20.5. The maximum Gasteiger partial charge on any atom is 0.416 e. The Morgan fingerprint density at radius 2 is 1.96 bits per heavy atom. The predicted octanol–water partition coefficient (Wildman–Crippen LogP) is 3.05. The van der Waals surface area contributed by atoms with Gasteiger partial charge in [-0.3, -0.25) is 9.59 Å². The van der Waals surface area contributed by atoms with Gasteiger partial charge in [0, 0.05) is 24.2 Å². The van der Waals surface area contributed by atoms with Crippen LogP contribution in [0, 0.1) is 0 Å². The summed E-state index contributed by atoms with van der Waals surface area (Å²) in [5, 5.41) is 11.2. The smallest absolute Gasteiger partial charge is 0.416 e. The first-order valence-electron chi connectivity index (χ1n) is 8.28. The van der Waals surface area contributed by atoms with Crippen molar-refractivity contribution in [2.45, 2.75) is 25.6 Å². The Bertz CT molecular complexity index is 936. The van der Waals surface area contributed by atoms with Gasteiger partial charge in [0.1, 0.15) is 5.76 Å². The van der Waals surface area contributed by atoms with Gasteiger partial charge in [-0.15, -0.1) is 0 Å². The largest absolute Gasteiger partial charge is 0.475 e. The Morgan fingerprint density at radius 3 is 2.54 bits per heavy atom. The van der Waals surface area contributed by atoms with Crippen LogP contribution < -0.4 is 10.2 Å². The number of rotatable bonds is 5. The zero-order valence-electron chi connectivity index (χ0n) is 14.4. The average molecular weight is 396 g/mol. The number of furan rings is 1. The molecule has 2 amide bonds. The standard InChI is InChI=1S/C18H15F3N2O5/c19-18(20,21)11-6-10(7-12(8-11)23-5-1-2-15(23)24)16(25)22-9-13-3-4-14(28-13)17(26)27/h3-4,6-8H,1-2,5,9H2,(H,22,25)(H,26,27). The molecule has 1 aromatic carbocycles. The minimum atomic E-state index is -4.69. The highest BCUT2D eigenvalue weighted by atomic mass is 19.4. The van der Waals surface area contributed by atoms with E-state index in [9.17, 15) is 27.6 Å². The van der Waals surface area contributed by atoms with Crippen LogP contribution in [0.25, 0.3) is 0 Å². The number of alkyl halides is 3. The highest BCUT2D eigenvalue weighted by Crippen LogP contribution is 2.34. The number of carbonyl (C=O) groups is 3. The number of halogens is 3. The Labute approximate surface area is 156 Å². The molecule has 0 unspecified atom stereocenters. The number of amides is 2. The van der Waals surface area contributed by atoms with Crippen molar-refractivity contribution >= 4 is 23.5 Å². The summed E-state index contributed by atoms with van der Waals surface area (Å²) in [6.07, 6.45) is -3.92. The highest BCUT2D eigenvalue weighted by Gasteiger charge is 2.33. The fraction of sp³-hybridized carbons (Fsp3) is 0.278. The molecule has 3 rings (SSSR count). The van der Waals surface area contributed by atoms with E-state index in [4.69, 9.17) is 9.52 Å². The predicted molar refractivity (Wildman–Crippen MR) is 89.9 cm³/mol. The average Bonchev–Trinajstić information content (AvgIpc) is 3.27. The van der Waals surface area contributed by atoms with Crippen LogP contribution in [-0.4, -0.2) is 29.4 Å². The number of anilines is 1. The third kappa shape index (κ3) is 4.16. The van der Waals surface area contributed by atoms with Crippen molar-refractivity contribution in [3.8, 4) is 0 Å². The van der Waals surface area contributed by atoms with Crippen molar-refractivity contribution in [1.29, 1.82) is 0 Å². The van der Waals surface area contributed by atoms with E-state index in [0.717, 1.165) is 6.07 Å². The molecule has 0 spiro atoms. The van der Waals surface area contributed by atoms with E-state index in [1.165, 1.54) is 23.1 Å². The van der Waals surface area contributed by atoms with Crippen molar-refractivity contribution in [3.63, 3.8) is 0 Å². The number of nitrogens with one attached hydrogen (secondary N) is 1. The molecule has 7 nitrogen and oxygen atoms in total. The minimum absolute atomic E-state index is 0.00800. The van der Waals surface area contributed by atoms with Crippen molar-refractivity contribution < 1.29 is 37.1 Å². The molecule has 0 saturated carbocycles. The van der Waals surface area contributed by atoms with Crippen LogP contribution in [0.15, 0.2) is 34.7 Å². The molecule has 0 aliphatic carbocycles. The molecule has 28 heavy (non-hydrogen) atoms. The van der Waals surface area contributed by atoms with E-state index in [0.29, 0.717) is 12.5 Å². The van der Waals surface area contributed by atoms with Crippen LogP contribution in [-0.2, 0) is 17.5 Å². The first-order valence-corrected chi connectivity index (χ1v) is 8.28. The molecule has 2 heterocycles. The van der Waals surface area contributed by atoms with Gasteiger partial charge in [-0.25, -0.2) is 4.79 Å². The Kier molecular flexibility index (Phi) is 5.12. The van der Waals surface area contributed by atoms with E-state index in [1.54, 1.807) is 0 Å². The second-order valence-corrected chi connectivity index (χ2v) is 6.17. The highest BCUT2D eigenvalue weighted by molar-refractivity contribution is 5.99. The first kappa shape index (κ1) is 19.5. The molecule has 0 bridgehead atoms. The summed E-state index contributed by atoms with van der Waals surface area (Å²) in [4.78, 5) is 36.2. The molecule has 0 atom stereocenters. The maximum absolute atomic E-state index is 13.2. The normalized spacial score (nSPS) is 14.4. The summed E-state index contributed by atoms with van der Waals surface area (Å²) in [7, 11) is 0. The zero-order valence-corrected chi connectivity index (χ0v) is 14.4. The fourth-order valence-electron chi connectivity index (χ4n) is 2.84. The van der Waals surface area contributed by atoms with E-state index in [-0.39, 0.29) is 48.2 Å². The lowest BCUT2D eigenvalue weighted by molar-refractivity contribution is -0.137. The number of benzene rings is 1. The molecule has 1 aromatic heterocycles. The molecule has 1 aliphatic heterocycles. The van der Waals surface area contributed by atoms with Crippen LogP contribution in [0.5, 0.6) is 0 Å². The molecular weight excluding hydrogens is 381 g/mol. The van der Waals surface area contributed by atoms with Gasteiger partial charge in [-0.1, -0.05) is 0 Å². The molecule has 1 aliphatic rings. The van der Waals surface area contributed by atoms with Crippen LogP contribution in [0.3, 0.4) is 0 Å². The number of hydrogen-bond donors (Lipinski definition) is 2. The lowest BCUT2D eigenvalue weighted by Gasteiger charge is -2.19. The number of nitrogens with zero attached hydrogens (tertiary/aromatic N) is 1. The van der Waals surface area contributed by atoms with E-state index < -0.39 is 23.6 Å². The maximum atomic E-state index is 13.2. The van der Waals surface area contributed by atoms with Gasteiger partial charge in [0.05, 0.1) is 12.1 Å². The third-order valence-electron chi connectivity index (χ3n) is 4.19. The van der Waals surface area contributed by atoms with Crippen molar-refractivity contribution in [2.24, 2.45) is 0 Å². The summed E-state index contributed by atoms with van der Waals surface area (Å²) in [6, 6.07) is 5.30. The summed E-state index contributed by atoms with van der Waals surface area (Å²) in [5.74, 6) is -2.59. The molecular formula is C18H15F3N2O5. The molecule has 2 aromatic rings. The van der Waals surface area contributed by atoms with E-state index in [1.807, 2.05) is 0 Å². The van der Waals surface area contributed by atoms with Crippen molar-refractivity contribution in [3.05, 3.63) is 53.0 Å². The minimum Gasteiger partial charge on any atom is -0.475 e.